The average molecular weight is 1050 g/mol. The summed E-state index contributed by atoms with van der Waals surface area (Å²) in [6, 6.07) is 8.06. The summed E-state index contributed by atoms with van der Waals surface area (Å²) in [6.07, 6.45) is 47.9. The number of carboxylic acids is 1. The third-order valence-corrected chi connectivity index (χ3v) is 16.7. The van der Waals surface area contributed by atoms with Gasteiger partial charge in [0.05, 0.1) is 85.0 Å². The summed E-state index contributed by atoms with van der Waals surface area (Å²) in [7, 11) is 2.45. The Bertz CT molecular complexity index is 1010. The first-order valence-corrected chi connectivity index (χ1v) is 33.7. The average Bonchev–Trinajstić information content (AvgIpc) is 3.43. The number of carbonyl (C=O) groups excluding carboxylic acids is 1. The fourth-order valence-corrected chi connectivity index (χ4v) is 11.2. The number of rotatable bonds is 46. The van der Waals surface area contributed by atoms with Crippen molar-refractivity contribution in [3.05, 3.63) is 35.9 Å². The van der Waals surface area contributed by atoms with Gasteiger partial charge in [-0.15, -0.1) is 0 Å². The molecule has 0 unspecified atom stereocenters. The summed E-state index contributed by atoms with van der Waals surface area (Å²) >= 11 is 0. The quantitative estimate of drug-likeness (QED) is 0.0482. The van der Waals surface area contributed by atoms with Crippen LogP contribution in [-0.2, 0) is 0 Å². The molecule has 0 radical (unpaired) electrons. The number of carbonyl (C=O) groups is 1. The predicted molar refractivity (Wildman–Crippen MR) is 340 cm³/mol. The molecule has 0 spiro atoms. The van der Waals surface area contributed by atoms with E-state index < -0.39 is 5.97 Å². The second kappa shape index (κ2) is 57.8. The molecule has 5 nitrogen and oxygen atoms in total. The number of nitrogens with zero attached hydrogens (tertiary/aromatic N) is 3. The molecule has 0 aliphatic rings. The maximum atomic E-state index is 10.1. The molecular formula is C68H143BN3O2+. The number of hydrogen-bond acceptors (Lipinski definition) is 2. The van der Waals surface area contributed by atoms with Crippen molar-refractivity contribution in [1.82, 2.24) is 0 Å². The Morgan fingerprint density at radius 2 is 0.514 bits per heavy atom. The minimum atomic E-state index is -1.13. The van der Waals surface area contributed by atoms with Gasteiger partial charge in [-0.3, -0.25) is 0 Å². The second-order valence-corrected chi connectivity index (χ2v) is 24.1. The topological polar surface area (TPSA) is 40.1 Å². The summed E-state index contributed by atoms with van der Waals surface area (Å²) in [5, 5.41) is 10.1. The van der Waals surface area contributed by atoms with E-state index in [2.05, 4.69) is 111 Å². The maximum absolute atomic E-state index is 10.1. The molecule has 1 rings (SSSR count). The van der Waals surface area contributed by atoms with Crippen molar-refractivity contribution in [3.63, 3.8) is 0 Å². The van der Waals surface area contributed by atoms with Gasteiger partial charge in [0.2, 0.25) is 0 Å². The molecule has 0 fully saturated rings. The van der Waals surface area contributed by atoms with E-state index >= 15 is 0 Å². The molecule has 1 aromatic carbocycles. The Morgan fingerprint density at radius 1 is 0.324 bits per heavy atom. The summed E-state index contributed by atoms with van der Waals surface area (Å²) in [5.41, 5.74) is 0.220. The first kappa shape index (κ1) is 79.1. The highest BCUT2D eigenvalue weighted by molar-refractivity contribution is 6.79. The molecule has 0 N–H and O–H groups in total. The van der Waals surface area contributed by atoms with Crippen LogP contribution < -0.4 is 5.11 Å². The fourth-order valence-electron chi connectivity index (χ4n) is 11.2. The molecule has 0 saturated carbocycles. The van der Waals surface area contributed by atoms with Gasteiger partial charge in [0, 0.05) is 6.15 Å². The predicted octanol–water partition coefficient (Wildman–Crippen LogP) is 20.5. The van der Waals surface area contributed by atoms with Crippen LogP contribution >= 0.6 is 0 Å². The summed E-state index contributed by atoms with van der Waals surface area (Å²) in [5.74, 6) is -1.13. The molecule has 0 heterocycles. The van der Waals surface area contributed by atoms with Gasteiger partial charge in [-0.25, -0.2) is 0 Å². The van der Waals surface area contributed by atoms with Crippen molar-refractivity contribution in [2.75, 3.05) is 79.0 Å². The lowest BCUT2D eigenvalue weighted by Gasteiger charge is -2.40. The second-order valence-electron chi connectivity index (χ2n) is 24.1. The SMILES string of the molecule is CCCC[B-](CCCC)(CCCC)CCCC.CCCC[N+](C)(CCCC)CCCC.CCCC[N+](CCCC)(CCCC)CCCC.CCCC[N+](CCCC)(CCCC)CCCC.O=C([O-])c1ccccc1. The number of unbranched alkanes of at least 4 members (excludes halogenated alkanes) is 15. The van der Waals surface area contributed by atoms with E-state index in [4.69, 9.17) is 0 Å². The number of hydrogen-bond donors (Lipinski definition) is 0. The lowest BCUT2D eigenvalue weighted by Crippen LogP contribution is -2.50. The normalized spacial score (nSPS) is 11.6. The van der Waals surface area contributed by atoms with Gasteiger partial charge < -0.3 is 23.4 Å². The van der Waals surface area contributed by atoms with Crippen LogP contribution in [0, 0.1) is 0 Å². The molecule has 0 aromatic heterocycles. The zero-order valence-corrected chi connectivity index (χ0v) is 54.4. The Kier molecular flexibility index (Phi) is 61.8. The molecule has 0 atom stereocenters. The smallest absolute Gasteiger partial charge is 0.0786 e. The highest BCUT2D eigenvalue weighted by Gasteiger charge is 2.26. The van der Waals surface area contributed by atoms with E-state index in [0.717, 1.165) is 0 Å². The molecule has 0 amide bonds. The van der Waals surface area contributed by atoms with E-state index in [1.165, 1.54) is 290 Å². The van der Waals surface area contributed by atoms with Gasteiger partial charge in [-0.05, 0) is 76.2 Å². The standard InChI is InChI=1S/C16H36B.2C16H36N.C13H30N.C7H6O2/c3*1-5-9-13-17(14-10-6-2,15-11-7-3)16-12-8-4;1-5-8-11-14(4,12-9-6-2)13-10-7-3;8-7(9)6-4-2-1-3-5-6/h3*5-16H2,1-4H3;5-13H2,1-4H3;1-5H,(H,8,9)/q-1;3*+1;/p-1. The Labute approximate surface area is 470 Å². The lowest BCUT2D eigenvalue weighted by atomic mass is 9.17. The molecule has 444 valence electrons. The minimum absolute atomic E-state index is 0.00722. The van der Waals surface area contributed by atoms with E-state index in [1.807, 2.05) is 0 Å². The van der Waals surface area contributed by atoms with Gasteiger partial charge >= 0.3 is 0 Å². The highest BCUT2D eigenvalue weighted by Crippen LogP contribution is 2.33. The third-order valence-electron chi connectivity index (χ3n) is 16.7. The third kappa shape index (κ3) is 46.7. The van der Waals surface area contributed by atoms with Crippen molar-refractivity contribution in [3.8, 4) is 0 Å². The van der Waals surface area contributed by atoms with Crippen LogP contribution in [0.2, 0.25) is 25.3 Å². The molecule has 0 aliphatic carbocycles. The van der Waals surface area contributed by atoms with Crippen molar-refractivity contribution < 1.29 is 23.4 Å². The number of carboxylic acid groups (broad SMARTS) is 1. The zero-order chi connectivity index (χ0) is 56.5. The first-order chi connectivity index (χ1) is 35.7. The van der Waals surface area contributed by atoms with Gasteiger partial charge in [-0.2, -0.15) is 25.3 Å². The molecule has 74 heavy (non-hydrogen) atoms. The zero-order valence-electron chi connectivity index (χ0n) is 54.4. The molecule has 1 aromatic rings. The maximum Gasteiger partial charge on any atom is 0.0786 e. The van der Waals surface area contributed by atoms with Crippen LogP contribution in [0.5, 0.6) is 0 Å². The molecular weight excluding hydrogens is 902 g/mol. The van der Waals surface area contributed by atoms with E-state index in [9.17, 15) is 9.90 Å². The van der Waals surface area contributed by atoms with E-state index in [-0.39, 0.29) is 11.7 Å². The van der Waals surface area contributed by atoms with Gasteiger partial charge in [0.1, 0.15) is 0 Å². The molecule has 0 saturated heterocycles. The number of aromatic carboxylic acids is 1. The number of quaternary nitrogens is 3. The van der Waals surface area contributed by atoms with Crippen molar-refractivity contribution in [1.29, 1.82) is 0 Å². The van der Waals surface area contributed by atoms with E-state index in [0.29, 0.717) is 0 Å². The van der Waals surface area contributed by atoms with Crippen LogP contribution in [0.3, 0.4) is 0 Å². The van der Waals surface area contributed by atoms with Gasteiger partial charge in [0.25, 0.3) is 0 Å². The van der Waals surface area contributed by atoms with Crippen molar-refractivity contribution in [2.45, 2.75) is 322 Å². The monoisotopic (exact) mass is 1050 g/mol. The molecule has 0 aliphatic heterocycles. The van der Waals surface area contributed by atoms with Crippen LogP contribution in [0.25, 0.3) is 0 Å². The van der Waals surface area contributed by atoms with Gasteiger partial charge in [-0.1, -0.05) is 256 Å². The van der Waals surface area contributed by atoms with Crippen LogP contribution in [0.15, 0.2) is 30.3 Å². The van der Waals surface area contributed by atoms with Crippen molar-refractivity contribution in [2.24, 2.45) is 0 Å². The van der Waals surface area contributed by atoms with Gasteiger partial charge in [0.15, 0.2) is 0 Å². The number of benzene rings is 1. The summed E-state index contributed by atoms with van der Waals surface area (Å²) in [6.45, 7) is 50.5. The Hall–Kier alpha value is -1.37. The highest BCUT2D eigenvalue weighted by atomic mass is 16.4. The Morgan fingerprint density at radius 3 is 0.676 bits per heavy atom. The lowest BCUT2D eigenvalue weighted by molar-refractivity contribution is -0.929. The molecule has 0 bridgehead atoms. The van der Waals surface area contributed by atoms with Crippen LogP contribution in [0.1, 0.15) is 307 Å². The molecule has 6 heteroatoms. The fraction of sp³-hybridized carbons (Fsp3) is 0.897. The minimum Gasteiger partial charge on any atom is -0.545 e. The largest absolute Gasteiger partial charge is 0.545 e. The Balaban J connectivity index is -0.000000419. The van der Waals surface area contributed by atoms with Crippen LogP contribution in [0.4, 0.5) is 0 Å². The van der Waals surface area contributed by atoms with Crippen LogP contribution in [-0.4, -0.2) is 105 Å². The van der Waals surface area contributed by atoms with Crippen molar-refractivity contribution >= 4 is 12.1 Å². The summed E-state index contributed by atoms with van der Waals surface area (Å²) < 4.78 is 4.15. The summed E-state index contributed by atoms with van der Waals surface area (Å²) in [4.78, 5) is 10.1. The first-order valence-electron chi connectivity index (χ1n) is 33.7. The van der Waals surface area contributed by atoms with E-state index in [1.54, 1.807) is 43.5 Å².